The van der Waals surface area contributed by atoms with Gasteiger partial charge in [-0.1, -0.05) is 37.6 Å². The molecule has 0 amide bonds. The molecule has 0 saturated carbocycles. The molecule has 0 unspecified atom stereocenters. The van der Waals surface area contributed by atoms with Crippen molar-refractivity contribution in [3.8, 4) is 5.75 Å². The fraction of sp³-hybridized carbons (Fsp3) is 0.294. The summed E-state index contributed by atoms with van der Waals surface area (Å²) in [6.45, 7) is 3.77. The molecule has 106 valence electrons. The van der Waals surface area contributed by atoms with E-state index in [1.54, 1.807) is 0 Å². The van der Waals surface area contributed by atoms with E-state index in [0.29, 0.717) is 0 Å². The second-order valence-corrected chi connectivity index (χ2v) is 5.53. The van der Waals surface area contributed by atoms with Gasteiger partial charge in [0.15, 0.2) is 0 Å². The highest BCUT2D eigenvalue weighted by Gasteiger charge is 1.99. The first kappa shape index (κ1) is 14.9. The van der Waals surface area contributed by atoms with E-state index in [1.807, 2.05) is 30.3 Å². The molecule has 0 saturated heterocycles. The highest BCUT2D eigenvalue weighted by atomic mass is 79.9. The van der Waals surface area contributed by atoms with Gasteiger partial charge in [-0.3, -0.25) is 0 Å². The number of anilines is 1. The van der Waals surface area contributed by atoms with Crippen LogP contribution < -0.4 is 10.1 Å². The Morgan fingerprint density at radius 3 is 2.50 bits per heavy atom. The third-order valence-corrected chi connectivity index (χ3v) is 3.74. The molecule has 0 heterocycles. The molecular weight excluding hydrogens is 314 g/mol. The van der Waals surface area contributed by atoms with Gasteiger partial charge in [-0.05, 0) is 52.2 Å². The largest absolute Gasteiger partial charge is 0.494 e. The van der Waals surface area contributed by atoms with E-state index in [1.165, 1.54) is 5.56 Å². The third kappa shape index (κ3) is 4.57. The van der Waals surface area contributed by atoms with Crippen LogP contribution in [0.1, 0.15) is 25.3 Å². The Balaban J connectivity index is 1.86. The van der Waals surface area contributed by atoms with E-state index in [2.05, 4.69) is 46.4 Å². The van der Waals surface area contributed by atoms with Gasteiger partial charge in [0.2, 0.25) is 0 Å². The average Bonchev–Trinajstić information content (AvgIpc) is 2.48. The molecule has 2 nitrogen and oxygen atoms in total. The SMILES string of the molecule is CCCCOc1ccc(CNc2ccccc2Br)cc1. The summed E-state index contributed by atoms with van der Waals surface area (Å²) >= 11 is 3.53. The Kier molecular flexibility index (Phi) is 5.93. The summed E-state index contributed by atoms with van der Waals surface area (Å²) in [6, 6.07) is 16.4. The summed E-state index contributed by atoms with van der Waals surface area (Å²) in [5, 5.41) is 3.41. The molecule has 2 rings (SSSR count). The van der Waals surface area contributed by atoms with Crippen LogP contribution in [0.25, 0.3) is 0 Å². The molecule has 0 spiro atoms. The molecule has 0 atom stereocenters. The van der Waals surface area contributed by atoms with Gasteiger partial charge in [0.1, 0.15) is 5.75 Å². The number of halogens is 1. The summed E-state index contributed by atoms with van der Waals surface area (Å²) in [4.78, 5) is 0. The van der Waals surface area contributed by atoms with E-state index in [0.717, 1.165) is 41.9 Å². The molecule has 0 fully saturated rings. The molecule has 20 heavy (non-hydrogen) atoms. The summed E-state index contributed by atoms with van der Waals surface area (Å²) < 4.78 is 6.74. The first-order chi connectivity index (χ1) is 9.79. The van der Waals surface area contributed by atoms with Gasteiger partial charge in [-0.25, -0.2) is 0 Å². The Bertz CT molecular complexity index is 525. The Labute approximate surface area is 129 Å². The number of hydrogen-bond donors (Lipinski definition) is 1. The van der Waals surface area contributed by atoms with Gasteiger partial charge in [0.05, 0.1) is 6.61 Å². The van der Waals surface area contributed by atoms with Crippen molar-refractivity contribution >= 4 is 21.6 Å². The van der Waals surface area contributed by atoms with Crippen LogP contribution in [-0.2, 0) is 6.54 Å². The molecule has 0 radical (unpaired) electrons. The number of para-hydroxylation sites is 1. The number of rotatable bonds is 7. The Morgan fingerprint density at radius 2 is 1.80 bits per heavy atom. The van der Waals surface area contributed by atoms with E-state index in [4.69, 9.17) is 4.74 Å². The minimum absolute atomic E-state index is 0.797. The smallest absolute Gasteiger partial charge is 0.119 e. The van der Waals surface area contributed by atoms with Crippen molar-refractivity contribution in [3.05, 3.63) is 58.6 Å². The van der Waals surface area contributed by atoms with Gasteiger partial charge in [0, 0.05) is 16.7 Å². The molecule has 0 aliphatic carbocycles. The lowest BCUT2D eigenvalue weighted by atomic mass is 10.2. The molecule has 0 aromatic heterocycles. The van der Waals surface area contributed by atoms with Gasteiger partial charge in [0.25, 0.3) is 0 Å². The minimum Gasteiger partial charge on any atom is -0.494 e. The van der Waals surface area contributed by atoms with Gasteiger partial charge in [-0.2, -0.15) is 0 Å². The van der Waals surface area contributed by atoms with E-state index in [9.17, 15) is 0 Å². The van der Waals surface area contributed by atoms with Crippen molar-refractivity contribution in [3.63, 3.8) is 0 Å². The van der Waals surface area contributed by atoms with Crippen molar-refractivity contribution in [2.24, 2.45) is 0 Å². The maximum absolute atomic E-state index is 5.66. The van der Waals surface area contributed by atoms with Crippen LogP contribution in [0.5, 0.6) is 5.75 Å². The van der Waals surface area contributed by atoms with Crippen molar-refractivity contribution in [1.29, 1.82) is 0 Å². The first-order valence-electron chi connectivity index (χ1n) is 6.99. The van der Waals surface area contributed by atoms with Crippen LogP contribution in [0.3, 0.4) is 0 Å². The second kappa shape index (κ2) is 7.95. The van der Waals surface area contributed by atoms with Crippen molar-refractivity contribution in [2.75, 3.05) is 11.9 Å². The average molecular weight is 334 g/mol. The maximum Gasteiger partial charge on any atom is 0.119 e. The Morgan fingerprint density at radius 1 is 1.05 bits per heavy atom. The number of hydrogen-bond acceptors (Lipinski definition) is 2. The topological polar surface area (TPSA) is 21.3 Å². The maximum atomic E-state index is 5.66. The highest BCUT2D eigenvalue weighted by Crippen LogP contribution is 2.22. The van der Waals surface area contributed by atoms with E-state index < -0.39 is 0 Å². The molecule has 0 aliphatic heterocycles. The van der Waals surface area contributed by atoms with E-state index >= 15 is 0 Å². The molecular formula is C17H20BrNO. The summed E-state index contributed by atoms with van der Waals surface area (Å²) in [6.07, 6.45) is 2.26. The van der Waals surface area contributed by atoms with Crippen molar-refractivity contribution in [2.45, 2.75) is 26.3 Å². The molecule has 0 bridgehead atoms. The van der Waals surface area contributed by atoms with Crippen LogP contribution in [0.4, 0.5) is 5.69 Å². The van der Waals surface area contributed by atoms with Crippen LogP contribution >= 0.6 is 15.9 Å². The van der Waals surface area contributed by atoms with Crippen LogP contribution in [0, 0.1) is 0 Å². The summed E-state index contributed by atoms with van der Waals surface area (Å²) in [5.74, 6) is 0.947. The zero-order valence-corrected chi connectivity index (χ0v) is 13.3. The molecule has 2 aromatic rings. The van der Waals surface area contributed by atoms with Gasteiger partial charge in [-0.15, -0.1) is 0 Å². The fourth-order valence-corrected chi connectivity index (χ4v) is 2.26. The standard InChI is InChI=1S/C17H20BrNO/c1-2-3-12-20-15-10-8-14(9-11-15)13-19-17-7-5-4-6-16(17)18/h4-11,19H,2-3,12-13H2,1H3. The molecule has 0 aliphatic rings. The van der Waals surface area contributed by atoms with Crippen LogP contribution in [0.2, 0.25) is 0 Å². The predicted molar refractivity (Wildman–Crippen MR) is 88.3 cm³/mol. The number of ether oxygens (including phenoxy) is 1. The lowest BCUT2D eigenvalue weighted by Gasteiger charge is -2.09. The lowest BCUT2D eigenvalue weighted by Crippen LogP contribution is -2.00. The van der Waals surface area contributed by atoms with Crippen LogP contribution in [-0.4, -0.2) is 6.61 Å². The fourth-order valence-electron chi connectivity index (χ4n) is 1.84. The summed E-state index contributed by atoms with van der Waals surface area (Å²) in [5.41, 5.74) is 2.35. The van der Waals surface area contributed by atoms with Gasteiger partial charge >= 0.3 is 0 Å². The van der Waals surface area contributed by atoms with E-state index in [-0.39, 0.29) is 0 Å². The van der Waals surface area contributed by atoms with Crippen LogP contribution in [0.15, 0.2) is 53.0 Å². The zero-order chi connectivity index (χ0) is 14.2. The third-order valence-electron chi connectivity index (χ3n) is 3.05. The lowest BCUT2D eigenvalue weighted by molar-refractivity contribution is 0.309. The normalized spacial score (nSPS) is 10.3. The summed E-state index contributed by atoms with van der Waals surface area (Å²) in [7, 11) is 0. The predicted octanol–water partition coefficient (Wildman–Crippen LogP) is 5.24. The molecule has 2 aromatic carbocycles. The monoisotopic (exact) mass is 333 g/mol. The minimum atomic E-state index is 0.797. The molecule has 3 heteroatoms. The number of unbranched alkanes of at least 4 members (excludes halogenated alkanes) is 1. The zero-order valence-electron chi connectivity index (χ0n) is 11.7. The Hall–Kier alpha value is -1.48. The quantitative estimate of drug-likeness (QED) is 0.699. The molecule has 1 N–H and O–H groups in total. The van der Waals surface area contributed by atoms with Crippen molar-refractivity contribution in [1.82, 2.24) is 0 Å². The van der Waals surface area contributed by atoms with Gasteiger partial charge < -0.3 is 10.1 Å². The number of nitrogens with one attached hydrogen (secondary N) is 1. The highest BCUT2D eigenvalue weighted by molar-refractivity contribution is 9.10. The second-order valence-electron chi connectivity index (χ2n) is 4.68. The number of benzene rings is 2. The van der Waals surface area contributed by atoms with Crippen molar-refractivity contribution < 1.29 is 4.74 Å². The first-order valence-corrected chi connectivity index (χ1v) is 7.79.